The number of hydrogen-bond donors (Lipinski definition) is 1. The van der Waals surface area contributed by atoms with E-state index in [1.54, 1.807) is 0 Å². The second-order valence-corrected chi connectivity index (χ2v) is 3.28. The van der Waals surface area contributed by atoms with E-state index in [9.17, 15) is 8.78 Å². The Morgan fingerprint density at radius 2 is 2.42 bits per heavy atom. The molecule has 1 rings (SSSR count). The van der Waals surface area contributed by atoms with Crippen molar-refractivity contribution in [3.05, 3.63) is 0 Å². The summed E-state index contributed by atoms with van der Waals surface area (Å²) in [4.78, 5) is 0. The molecule has 0 saturated heterocycles. The van der Waals surface area contributed by atoms with E-state index in [1.165, 1.54) is 0 Å². The van der Waals surface area contributed by atoms with Gasteiger partial charge in [0, 0.05) is 5.71 Å². The highest BCUT2D eigenvalue weighted by atomic mass is 19.3. The van der Waals surface area contributed by atoms with Gasteiger partial charge in [0.25, 0.3) is 6.43 Å². The first kappa shape index (κ1) is 9.42. The quantitative estimate of drug-likeness (QED) is 0.653. The topological polar surface area (TPSA) is 24.4 Å². The lowest BCUT2D eigenvalue weighted by Crippen LogP contribution is -2.16. The van der Waals surface area contributed by atoms with Gasteiger partial charge in [0.1, 0.15) is 0 Å². The molecule has 0 heterocycles. The van der Waals surface area contributed by atoms with Crippen LogP contribution in [0.15, 0.2) is 5.10 Å². The van der Waals surface area contributed by atoms with Crippen LogP contribution in [0.1, 0.15) is 26.2 Å². The molecular weight excluding hydrogens is 162 g/mol. The molecule has 0 spiro atoms. The third-order valence-electron chi connectivity index (χ3n) is 1.99. The Hall–Kier alpha value is -0.670. The number of rotatable bonds is 3. The molecule has 1 N–H and O–H groups in total. The number of hydrogen-bond acceptors (Lipinski definition) is 2. The molecule has 70 valence electrons. The lowest BCUT2D eigenvalue weighted by Gasteiger charge is -2.00. The van der Waals surface area contributed by atoms with Crippen LogP contribution in [0.25, 0.3) is 0 Å². The molecule has 1 atom stereocenters. The van der Waals surface area contributed by atoms with Gasteiger partial charge in [-0.15, -0.1) is 0 Å². The highest BCUT2D eigenvalue weighted by Gasteiger charge is 2.15. The summed E-state index contributed by atoms with van der Waals surface area (Å²) in [6.07, 6.45) is 0.733. The second kappa shape index (κ2) is 4.38. The average molecular weight is 176 g/mol. The van der Waals surface area contributed by atoms with Crippen molar-refractivity contribution < 1.29 is 8.78 Å². The predicted molar refractivity (Wildman–Crippen MR) is 44.5 cm³/mol. The molecule has 0 aromatic carbocycles. The van der Waals surface area contributed by atoms with Gasteiger partial charge in [-0.1, -0.05) is 6.92 Å². The monoisotopic (exact) mass is 176 g/mol. The molecule has 0 radical (unpaired) electrons. The molecule has 0 bridgehead atoms. The molecule has 0 aromatic heterocycles. The Morgan fingerprint density at radius 1 is 1.67 bits per heavy atom. The number of alkyl halides is 2. The van der Waals surface area contributed by atoms with Gasteiger partial charge in [-0.3, -0.25) is 0 Å². The van der Waals surface area contributed by atoms with E-state index >= 15 is 0 Å². The number of hydrazone groups is 1. The van der Waals surface area contributed by atoms with Crippen molar-refractivity contribution in [2.75, 3.05) is 6.54 Å². The van der Waals surface area contributed by atoms with Gasteiger partial charge < -0.3 is 5.43 Å². The van der Waals surface area contributed by atoms with Gasteiger partial charge in [-0.25, -0.2) is 8.78 Å². The minimum atomic E-state index is -2.31. The average Bonchev–Trinajstić information content (AvgIpc) is 2.35. The summed E-state index contributed by atoms with van der Waals surface area (Å²) >= 11 is 0. The van der Waals surface area contributed by atoms with Crippen LogP contribution in [0.3, 0.4) is 0 Å². The smallest absolute Gasteiger partial charge is 0.257 e. The molecular formula is C8H14F2N2. The molecule has 12 heavy (non-hydrogen) atoms. The number of nitrogens with zero attached hydrogens (tertiary/aromatic N) is 1. The summed E-state index contributed by atoms with van der Waals surface area (Å²) in [5, 5.41) is 3.90. The Labute approximate surface area is 71.0 Å². The fraction of sp³-hybridized carbons (Fsp3) is 0.875. The second-order valence-electron chi connectivity index (χ2n) is 3.28. The number of nitrogens with one attached hydrogen (secondary N) is 1. The van der Waals surface area contributed by atoms with Crippen molar-refractivity contribution in [1.82, 2.24) is 5.43 Å². The van der Waals surface area contributed by atoms with Crippen LogP contribution in [-0.2, 0) is 0 Å². The molecule has 0 aliphatic heterocycles. The first-order valence-electron chi connectivity index (χ1n) is 4.25. The lowest BCUT2D eigenvalue weighted by molar-refractivity contribution is 0.146. The fourth-order valence-electron chi connectivity index (χ4n) is 1.35. The molecule has 1 fully saturated rings. The third kappa shape index (κ3) is 3.15. The van der Waals surface area contributed by atoms with Crippen molar-refractivity contribution >= 4 is 5.71 Å². The zero-order valence-corrected chi connectivity index (χ0v) is 7.19. The Bertz CT molecular complexity index is 168. The minimum absolute atomic E-state index is 0.335. The standard InChI is InChI=1S/C8H14F2N2/c1-6-2-3-7(4-6)12-11-5-8(9)10/h6,8,11H,2-5H2,1H3/b12-7-. The van der Waals surface area contributed by atoms with Crippen molar-refractivity contribution in [2.45, 2.75) is 32.6 Å². The zero-order valence-electron chi connectivity index (χ0n) is 7.19. The van der Waals surface area contributed by atoms with E-state index in [-0.39, 0.29) is 6.54 Å². The van der Waals surface area contributed by atoms with Crippen LogP contribution in [0, 0.1) is 5.92 Å². The zero-order chi connectivity index (χ0) is 8.97. The third-order valence-corrected chi connectivity index (χ3v) is 1.99. The van der Waals surface area contributed by atoms with Crippen molar-refractivity contribution in [2.24, 2.45) is 11.0 Å². The van der Waals surface area contributed by atoms with E-state index in [0.717, 1.165) is 25.0 Å². The maximum absolute atomic E-state index is 11.7. The van der Waals surface area contributed by atoms with Crippen molar-refractivity contribution in [1.29, 1.82) is 0 Å². The Morgan fingerprint density at radius 3 is 2.92 bits per heavy atom. The highest BCUT2D eigenvalue weighted by molar-refractivity contribution is 5.86. The van der Waals surface area contributed by atoms with E-state index in [0.29, 0.717) is 5.92 Å². The largest absolute Gasteiger partial charge is 0.304 e. The summed E-state index contributed by atoms with van der Waals surface area (Å²) in [5.41, 5.74) is 3.42. The fourth-order valence-corrected chi connectivity index (χ4v) is 1.35. The van der Waals surface area contributed by atoms with Gasteiger partial charge in [-0.05, 0) is 25.2 Å². The molecule has 2 nitrogen and oxygen atoms in total. The summed E-state index contributed by atoms with van der Waals surface area (Å²) in [5.74, 6) is 0.664. The lowest BCUT2D eigenvalue weighted by atomic mass is 10.1. The van der Waals surface area contributed by atoms with E-state index in [4.69, 9.17) is 0 Å². The van der Waals surface area contributed by atoms with E-state index in [1.807, 2.05) is 0 Å². The summed E-state index contributed by atoms with van der Waals surface area (Å²) in [7, 11) is 0. The van der Waals surface area contributed by atoms with Crippen LogP contribution < -0.4 is 5.43 Å². The maximum Gasteiger partial charge on any atom is 0.257 e. The Balaban J connectivity index is 2.19. The van der Waals surface area contributed by atoms with Crippen LogP contribution in [0.5, 0.6) is 0 Å². The molecule has 4 heteroatoms. The molecule has 0 aromatic rings. The first-order chi connectivity index (χ1) is 5.68. The van der Waals surface area contributed by atoms with Crippen LogP contribution in [-0.4, -0.2) is 18.7 Å². The molecule has 1 aliphatic carbocycles. The SMILES string of the molecule is CC1CC/C(=N/NCC(F)F)C1. The predicted octanol–water partition coefficient (Wildman–Crippen LogP) is 2.02. The summed E-state index contributed by atoms with van der Waals surface area (Å²) in [6, 6.07) is 0. The molecule has 0 amide bonds. The minimum Gasteiger partial charge on any atom is -0.304 e. The van der Waals surface area contributed by atoms with Crippen molar-refractivity contribution in [3.63, 3.8) is 0 Å². The molecule has 1 aliphatic rings. The summed E-state index contributed by atoms with van der Waals surface area (Å²) < 4.78 is 23.3. The van der Waals surface area contributed by atoms with Crippen LogP contribution in [0.2, 0.25) is 0 Å². The van der Waals surface area contributed by atoms with Gasteiger partial charge in [-0.2, -0.15) is 5.10 Å². The van der Waals surface area contributed by atoms with Crippen LogP contribution in [0.4, 0.5) is 8.78 Å². The van der Waals surface area contributed by atoms with Gasteiger partial charge in [0.2, 0.25) is 0 Å². The molecule has 1 saturated carbocycles. The van der Waals surface area contributed by atoms with Gasteiger partial charge in [0.15, 0.2) is 0 Å². The highest BCUT2D eigenvalue weighted by Crippen LogP contribution is 2.21. The first-order valence-corrected chi connectivity index (χ1v) is 4.25. The van der Waals surface area contributed by atoms with Gasteiger partial charge >= 0.3 is 0 Å². The van der Waals surface area contributed by atoms with E-state index < -0.39 is 6.43 Å². The number of halogens is 2. The maximum atomic E-state index is 11.7. The molecule has 1 unspecified atom stereocenters. The summed E-state index contributed by atoms with van der Waals surface area (Å²) in [6.45, 7) is 1.81. The normalized spacial score (nSPS) is 27.0. The van der Waals surface area contributed by atoms with Crippen LogP contribution >= 0.6 is 0 Å². The Kier molecular flexibility index (Phi) is 3.44. The van der Waals surface area contributed by atoms with E-state index in [2.05, 4.69) is 17.5 Å². The van der Waals surface area contributed by atoms with Gasteiger partial charge in [0.05, 0.1) is 6.54 Å². The van der Waals surface area contributed by atoms with Crippen molar-refractivity contribution in [3.8, 4) is 0 Å².